The second kappa shape index (κ2) is 7.48. The van der Waals surface area contributed by atoms with Crippen LogP contribution in [-0.4, -0.2) is 33.6 Å². The highest BCUT2D eigenvalue weighted by Gasteiger charge is 2.76. The van der Waals surface area contributed by atoms with E-state index in [4.69, 9.17) is 9.47 Å². The molecule has 188 valence electrons. The number of benzene rings is 1. The second-order valence-electron chi connectivity index (χ2n) is 12.1. The molecule has 1 aromatic carbocycles. The maximum absolute atomic E-state index is 12.9. The quantitative estimate of drug-likeness (QED) is 0.236. The summed E-state index contributed by atoms with van der Waals surface area (Å²) in [6.07, 6.45) is 9.75. The number of fused-ring (bicyclic) bond motifs is 4. The zero-order chi connectivity index (χ0) is 24.8. The summed E-state index contributed by atoms with van der Waals surface area (Å²) in [7, 11) is 0. The highest BCUT2D eigenvalue weighted by atomic mass is 16.6. The first kappa shape index (κ1) is 22.9. The Bertz CT molecular complexity index is 1090. The molecule has 6 unspecified atom stereocenters. The van der Waals surface area contributed by atoms with Gasteiger partial charge in [-0.15, -0.1) is 0 Å². The summed E-state index contributed by atoms with van der Waals surface area (Å²) in [5, 5.41) is 22.4. The maximum atomic E-state index is 12.9. The molecule has 1 saturated heterocycles. The molecule has 9 heteroatoms. The van der Waals surface area contributed by atoms with Gasteiger partial charge < -0.3 is 9.47 Å². The monoisotopic (exact) mass is 484 g/mol. The average molecular weight is 485 g/mol. The molecule has 0 bridgehead atoms. The van der Waals surface area contributed by atoms with Crippen LogP contribution < -0.4 is 0 Å². The van der Waals surface area contributed by atoms with Crippen molar-refractivity contribution in [2.75, 3.05) is 0 Å². The van der Waals surface area contributed by atoms with Crippen molar-refractivity contribution in [3.05, 3.63) is 44.0 Å². The normalized spacial score (nSPS) is 43.2. The van der Waals surface area contributed by atoms with Crippen LogP contribution >= 0.6 is 0 Å². The van der Waals surface area contributed by atoms with Gasteiger partial charge in [-0.25, -0.2) is 4.79 Å². The number of nitrogens with zero attached hydrogens (tertiary/aromatic N) is 2. The first-order valence-electron chi connectivity index (χ1n) is 12.9. The fourth-order valence-electron chi connectivity index (χ4n) is 8.88. The molecular formula is C26H32N2O7. The number of ether oxygens (including phenoxy) is 2. The molecule has 0 radical (unpaired) electrons. The van der Waals surface area contributed by atoms with Gasteiger partial charge in [0.1, 0.15) is 11.7 Å². The highest BCUT2D eigenvalue weighted by molar-refractivity contribution is 5.91. The predicted molar refractivity (Wildman–Crippen MR) is 125 cm³/mol. The van der Waals surface area contributed by atoms with Gasteiger partial charge in [0.2, 0.25) is 0 Å². The highest BCUT2D eigenvalue weighted by Crippen LogP contribution is 2.73. The third-order valence-electron chi connectivity index (χ3n) is 10.7. The minimum Gasteiger partial charge on any atom is -0.459 e. The van der Waals surface area contributed by atoms with Gasteiger partial charge in [0.15, 0.2) is 0 Å². The van der Waals surface area contributed by atoms with Crippen LogP contribution in [-0.2, 0) is 9.47 Å². The van der Waals surface area contributed by atoms with Crippen LogP contribution in [0.25, 0.3) is 0 Å². The van der Waals surface area contributed by atoms with E-state index in [9.17, 15) is 25.0 Å². The van der Waals surface area contributed by atoms with E-state index in [0.717, 1.165) is 37.0 Å². The van der Waals surface area contributed by atoms with Crippen molar-refractivity contribution in [1.29, 1.82) is 0 Å². The molecule has 1 aliphatic heterocycles. The number of hydrogen-bond donors (Lipinski definition) is 0. The molecule has 1 aromatic rings. The fourth-order valence-corrected chi connectivity index (χ4v) is 8.88. The van der Waals surface area contributed by atoms with Gasteiger partial charge in [-0.3, -0.25) is 20.2 Å². The lowest BCUT2D eigenvalue weighted by Gasteiger charge is -2.58. The van der Waals surface area contributed by atoms with Crippen LogP contribution in [0.15, 0.2) is 18.2 Å². The number of esters is 1. The third-order valence-corrected chi connectivity index (χ3v) is 10.7. The topological polar surface area (TPSA) is 125 Å². The molecule has 6 rings (SSSR count). The zero-order valence-electron chi connectivity index (χ0n) is 20.2. The SMILES string of the molecule is CC12CCCC1C1C[C@@H]3O[C@@]34CC(OC(=O)c3cc([N+](=O)[O-])cc([N+](=O)[O-])c3)CCC4(C)C1CC2. The molecule has 4 aliphatic carbocycles. The number of rotatable bonds is 4. The van der Waals surface area contributed by atoms with Crippen molar-refractivity contribution in [3.63, 3.8) is 0 Å². The molecule has 0 N–H and O–H groups in total. The van der Waals surface area contributed by atoms with Crippen LogP contribution in [0, 0.1) is 48.8 Å². The Morgan fingerprint density at radius 1 is 1.00 bits per heavy atom. The van der Waals surface area contributed by atoms with E-state index < -0.39 is 27.2 Å². The molecule has 9 nitrogen and oxygen atoms in total. The lowest BCUT2D eigenvalue weighted by atomic mass is 9.45. The molecule has 0 amide bonds. The summed E-state index contributed by atoms with van der Waals surface area (Å²) in [5.74, 6) is 1.38. The van der Waals surface area contributed by atoms with Crippen LogP contribution in [0.2, 0.25) is 0 Å². The third kappa shape index (κ3) is 3.26. The minimum absolute atomic E-state index is 0.0672. The lowest BCUT2D eigenvalue weighted by molar-refractivity contribution is -0.394. The fraction of sp³-hybridized carbons (Fsp3) is 0.731. The Kier molecular flexibility index (Phi) is 4.89. The van der Waals surface area contributed by atoms with Crippen LogP contribution in [0.5, 0.6) is 0 Å². The smallest absolute Gasteiger partial charge is 0.338 e. The van der Waals surface area contributed by atoms with E-state index in [1.807, 2.05) is 0 Å². The molecule has 5 fully saturated rings. The van der Waals surface area contributed by atoms with Crippen LogP contribution in [0.3, 0.4) is 0 Å². The first-order chi connectivity index (χ1) is 16.6. The Hall–Kier alpha value is -2.55. The van der Waals surface area contributed by atoms with E-state index in [2.05, 4.69) is 13.8 Å². The van der Waals surface area contributed by atoms with Crippen molar-refractivity contribution >= 4 is 17.3 Å². The van der Waals surface area contributed by atoms with Crippen LogP contribution in [0.1, 0.15) is 82.0 Å². The molecular weight excluding hydrogens is 452 g/mol. The van der Waals surface area contributed by atoms with E-state index in [1.165, 1.54) is 32.1 Å². The summed E-state index contributed by atoms with van der Waals surface area (Å²) in [6, 6.07) is 2.94. The standard InChI is InChI=1S/C26H32N2O7/c1-24-7-3-4-20(24)19-13-22-26(35-22)14-18(5-9-25(26,2)21(19)6-8-24)34-23(29)15-10-16(27(30)31)12-17(11-15)28(32)33/h10-12,18-22H,3-9,13-14H2,1-2H3/t18?,19?,20?,21?,22-,24?,25?,26-/m0/s1. The zero-order valence-corrected chi connectivity index (χ0v) is 20.2. The van der Waals surface area contributed by atoms with Crippen LogP contribution in [0.4, 0.5) is 11.4 Å². The van der Waals surface area contributed by atoms with E-state index in [0.29, 0.717) is 30.1 Å². The largest absolute Gasteiger partial charge is 0.459 e. The van der Waals surface area contributed by atoms with E-state index in [1.54, 1.807) is 0 Å². The van der Waals surface area contributed by atoms with Gasteiger partial charge >= 0.3 is 5.97 Å². The van der Waals surface area contributed by atoms with Gasteiger partial charge in [0, 0.05) is 24.0 Å². The maximum Gasteiger partial charge on any atom is 0.338 e. The molecule has 35 heavy (non-hydrogen) atoms. The average Bonchev–Trinajstić information content (AvgIpc) is 3.36. The van der Waals surface area contributed by atoms with Crippen molar-refractivity contribution < 1.29 is 24.1 Å². The number of epoxide rings is 1. The number of carbonyl (C=O) groups excluding carboxylic acids is 1. The van der Waals surface area contributed by atoms with E-state index in [-0.39, 0.29) is 28.8 Å². The molecule has 5 aliphatic rings. The molecule has 1 spiro atoms. The number of nitro groups is 2. The van der Waals surface area contributed by atoms with Crippen molar-refractivity contribution in [3.8, 4) is 0 Å². The first-order valence-corrected chi connectivity index (χ1v) is 12.9. The molecule has 0 aromatic heterocycles. The van der Waals surface area contributed by atoms with Crippen molar-refractivity contribution in [1.82, 2.24) is 0 Å². The Balaban J connectivity index is 1.20. The molecule has 1 heterocycles. The van der Waals surface area contributed by atoms with Crippen molar-refractivity contribution in [2.45, 2.75) is 89.4 Å². The van der Waals surface area contributed by atoms with Gasteiger partial charge in [0.05, 0.1) is 27.6 Å². The van der Waals surface area contributed by atoms with E-state index >= 15 is 0 Å². The summed E-state index contributed by atoms with van der Waals surface area (Å²) in [4.78, 5) is 33.8. The minimum atomic E-state index is -0.757. The summed E-state index contributed by atoms with van der Waals surface area (Å²) in [6.45, 7) is 4.89. The second-order valence-corrected chi connectivity index (χ2v) is 12.1. The number of carbonyl (C=O) groups is 1. The molecule has 4 saturated carbocycles. The Labute approximate surface area is 203 Å². The summed E-state index contributed by atoms with van der Waals surface area (Å²) < 4.78 is 12.3. The summed E-state index contributed by atoms with van der Waals surface area (Å²) >= 11 is 0. The lowest BCUT2D eigenvalue weighted by Crippen LogP contribution is -2.58. The van der Waals surface area contributed by atoms with Gasteiger partial charge in [-0.2, -0.15) is 0 Å². The number of nitro benzene ring substituents is 2. The number of non-ortho nitro benzene ring substituents is 2. The van der Waals surface area contributed by atoms with Gasteiger partial charge in [0.25, 0.3) is 11.4 Å². The summed E-state index contributed by atoms with van der Waals surface area (Å²) in [5.41, 5.74) is -0.875. The Morgan fingerprint density at radius 2 is 1.71 bits per heavy atom. The predicted octanol–water partition coefficient (Wildman–Crippen LogP) is 5.59. The number of hydrogen-bond acceptors (Lipinski definition) is 7. The van der Waals surface area contributed by atoms with Crippen molar-refractivity contribution in [2.24, 2.45) is 28.6 Å². The Morgan fingerprint density at radius 3 is 2.40 bits per heavy atom. The van der Waals surface area contributed by atoms with Gasteiger partial charge in [-0.1, -0.05) is 20.3 Å². The molecule has 8 atom stereocenters. The van der Waals surface area contributed by atoms with Gasteiger partial charge in [-0.05, 0) is 68.1 Å².